The zero-order valence-electron chi connectivity index (χ0n) is 16.4. The molecule has 0 aliphatic carbocycles. The van der Waals surface area contributed by atoms with Crippen molar-refractivity contribution in [2.24, 2.45) is 5.41 Å². The highest BCUT2D eigenvalue weighted by molar-refractivity contribution is 6.06. The molecule has 0 saturated heterocycles. The van der Waals surface area contributed by atoms with Gasteiger partial charge in [0.1, 0.15) is 0 Å². The average Bonchev–Trinajstić information content (AvgIpc) is 3.10. The molecule has 146 valence electrons. The second-order valence-electron chi connectivity index (χ2n) is 7.71. The van der Waals surface area contributed by atoms with Crippen molar-refractivity contribution in [3.05, 3.63) is 48.2 Å². The van der Waals surface area contributed by atoms with E-state index < -0.39 is 11.4 Å². The Labute approximate surface area is 163 Å². The number of amides is 1. The number of carbonyl (C=O) groups excluding carboxylic acids is 1. The van der Waals surface area contributed by atoms with Crippen LogP contribution in [0, 0.1) is 5.41 Å². The first kappa shape index (κ1) is 19.5. The van der Waals surface area contributed by atoms with Gasteiger partial charge < -0.3 is 10.4 Å². The molecule has 0 aliphatic heterocycles. The summed E-state index contributed by atoms with van der Waals surface area (Å²) in [6.07, 6.45) is 1.63. The maximum Gasteiger partial charge on any atom is 0.310 e. The first-order chi connectivity index (χ1) is 13.2. The zero-order chi connectivity index (χ0) is 20.5. The third-order valence-corrected chi connectivity index (χ3v) is 4.64. The van der Waals surface area contributed by atoms with Crippen molar-refractivity contribution in [2.45, 2.75) is 33.7 Å². The van der Waals surface area contributed by atoms with Gasteiger partial charge in [0.15, 0.2) is 5.65 Å². The molecule has 2 heterocycles. The Kier molecular flexibility index (Phi) is 5.18. The Morgan fingerprint density at radius 2 is 1.89 bits per heavy atom. The van der Waals surface area contributed by atoms with Crippen LogP contribution in [-0.2, 0) is 4.79 Å². The first-order valence-electron chi connectivity index (χ1n) is 9.16. The van der Waals surface area contributed by atoms with Gasteiger partial charge in [-0.3, -0.25) is 9.59 Å². The quantitative estimate of drug-likeness (QED) is 0.682. The van der Waals surface area contributed by atoms with E-state index >= 15 is 0 Å². The van der Waals surface area contributed by atoms with Crippen LogP contribution in [0.25, 0.3) is 22.3 Å². The number of aliphatic carboxylic acids is 1. The van der Waals surface area contributed by atoms with Crippen LogP contribution in [0.4, 0.5) is 0 Å². The Morgan fingerprint density at radius 1 is 1.21 bits per heavy atom. The summed E-state index contributed by atoms with van der Waals surface area (Å²) in [7, 11) is 0. The van der Waals surface area contributed by atoms with Crippen LogP contribution < -0.4 is 5.32 Å². The van der Waals surface area contributed by atoms with Gasteiger partial charge in [-0.15, -0.1) is 0 Å². The van der Waals surface area contributed by atoms with Crippen molar-refractivity contribution < 1.29 is 14.7 Å². The Balaban J connectivity index is 2.07. The molecule has 28 heavy (non-hydrogen) atoms. The van der Waals surface area contributed by atoms with Gasteiger partial charge >= 0.3 is 5.97 Å². The monoisotopic (exact) mass is 380 g/mol. The van der Waals surface area contributed by atoms with Gasteiger partial charge in [-0.2, -0.15) is 5.10 Å². The number of pyridine rings is 1. The van der Waals surface area contributed by atoms with Crippen molar-refractivity contribution in [1.82, 2.24) is 20.1 Å². The number of nitrogens with zero attached hydrogens (tertiary/aromatic N) is 3. The van der Waals surface area contributed by atoms with Crippen molar-refractivity contribution in [1.29, 1.82) is 0 Å². The molecule has 3 aromatic rings. The van der Waals surface area contributed by atoms with Gasteiger partial charge in [0.05, 0.1) is 28.3 Å². The number of carbonyl (C=O) groups is 2. The molecule has 2 N–H and O–H groups in total. The Bertz CT molecular complexity index is 1020. The Hall–Kier alpha value is -3.22. The molecule has 0 aliphatic rings. The van der Waals surface area contributed by atoms with Crippen LogP contribution in [-0.4, -0.2) is 38.3 Å². The fourth-order valence-corrected chi connectivity index (χ4v) is 2.81. The normalized spacial score (nSPS) is 11.8. The third kappa shape index (κ3) is 3.74. The summed E-state index contributed by atoms with van der Waals surface area (Å²) >= 11 is 0. The largest absolute Gasteiger partial charge is 0.481 e. The molecule has 0 saturated carbocycles. The molecular formula is C21H24N4O3. The number of aromatic nitrogens is 3. The number of carboxylic acid groups (broad SMARTS) is 1. The molecular weight excluding hydrogens is 356 g/mol. The number of carboxylic acids is 1. The molecule has 0 unspecified atom stereocenters. The highest BCUT2D eigenvalue weighted by atomic mass is 16.4. The highest BCUT2D eigenvalue weighted by Gasteiger charge is 2.28. The van der Waals surface area contributed by atoms with Crippen LogP contribution in [0.2, 0.25) is 0 Å². The summed E-state index contributed by atoms with van der Waals surface area (Å²) in [6.45, 7) is 7.16. The number of benzene rings is 1. The van der Waals surface area contributed by atoms with Gasteiger partial charge in [0, 0.05) is 18.2 Å². The van der Waals surface area contributed by atoms with Gasteiger partial charge in [0.2, 0.25) is 0 Å². The molecule has 7 nitrogen and oxygen atoms in total. The summed E-state index contributed by atoms with van der Waals surface area (Å²) < 4.78 is 1.78. The minimum atomic E-state index is -1.06. The van der Waals surface area contributed by atoms with Crippen molar-refractivity contribution >= 4 is 22.9 Å². The SMILES string of the molecule is CC(C)n1ncc2c(C(=O)NCC(C)(C)C(=O)O)cc(-c3ccccc3)nc21. The summed E-state index contributed by atoms with van der Waals surface area (Å²) in [5.74, 6) is -1.31. The molecule has 0 fully saturated rings. The van der Waals surface area contributed by atoms with E-state index in [4.69, 9.17) is 4.98 Å². The van der Waals surface area contributed by atoms with E-state index in [0.717, 1.165) is 5.56 Å². The number of nitrogens with one attached hydrogen (secondary N) is 1. The fraction of sp³-hybridized carbons (Fsp3) is 0.333. The van der Waals surface area contributed by atoms with E-state index in [9.17, 15) is 14.7 Å². The molecule has 2 aromatic heterocycles. The van der Waals surface area contributed by atoms with Crippen molar-refractivity contribution in [2.75, 3.05) is 6.54 Å². The molecule has 3 rings (SSSR count). The maximum atomic E-state index is 12.9. The molecule has 1 amide bonds. The molecule has 0 bridgehead atoms. The third-order valence-electron chi connectivity index (χ3n) is 4.64. The lowest BCUT2D eigenvalue weighted by Gasteiger charge is -2.19. The van der Waals surface area contributed by atoms with Crippen LogP contribution in [0.3, 0.4) is 0 Å². The van der Waals surface area contributed by atoms with Gasteiger partial charge in [-0.25, -0.2) is 9.67 Å². The van der Waals surface area contributed by atoms with Gasteiger partial charge in [-0.05, 0) is 33.8 Å². The first-order valence-corrected chi connectivity index (χ1v) is 9.16. The van der Waals surface area contributed by atoms with Crippen LogP contribution in [0.1, 0.15) is 44.1 Å². The molecule has 1 aromatic carbocycles. The summed E-state index contributed by atoms with van der Waals surface area (Å²) in [5, 5.41) is 17.1. The smallest absolute Gasteiger partial charge is 0.310 e. The molecule has 0 spiro atoms. The minimum absolute atomic E-state index is 0.0178. The fourth-order valence-electron chi connectivity index (χ4n) is 2.81. The van der Waals surface area contributed by atoms with E-state index in [0.29, 0.717) is 22.3 Å². The topological polar surface area (TPSA) is 97.1 Å². The highest BCUT2D eigenvalue weighted by Crippen LogP contribution is 2.26. The van der Waals surface area contributed by atoms with E-state index in [1.54, 1.807) is 30.8 Å². The summed E-state index contributed by atoms with van der Waals surface area (Å²) in [4.78, 5) is 29.0. The lowest BCUT2D eigenvalue weighted by molar-refractivity contribution is -0.146. The summed E-state index contributed by atoms with van der Waals surface area (Å²) in [6, 6.07) is 11.4. The zero-order valence-corrected chi connectivity index (χ0v) is 16.4. The Morgan fingerprint density at radius 3 is 2.50 bits per heavy atom. The van der Waals surface area contributed by atoms with Crippen LogP contribution in [0.5, 0.6) is 0 Å². The van der Waals surface area contributed by atoms with Crippen molar-refractivity contribution in [3.8, 4) is 11.3 Å². The van der Waals surface area contributed by atoms with E-state index in [1.807, 2.05) is 44.2 Å². The van der Waals surface area contributed by atoms with Crippen LogP contribution in [0.15, 0.2) is 42.6 Å². The predicted octanol–water partition coefficient (Wildman–Crippen LogP) is 3.52. The van der Waals surface area contributed by atoms with E-state index in [2.05, 4.69) is 10.4 Å². The lowest BCUT2D eigenvalue weighted by Crippen LogP contribution is -2.39. The number of hydrogen-bond donors (Lipinski definition) is 2. The second-order valence-corrected chi connectivity index (χ2v) is 7.71. The molecule has 7 heteroatoms. The van der Waals surface area contributed by atoms with Crippen molar-refractivity contribution in [3.63, 3.8) is 0 Å². The van der Waals surface area contributed by atoms with Gasteiger partial charge in [-0.1, -0.05) is 30.3 Å². The maximum absolute atomic E-state index is 12.9. The molecule has 0 atom stereocenters. The summed E-state index contributed by atoms with van der Waals surface area (Å²) in [5.41, 5.74) is 1.54. The number of hydrogen-bond acceptors (Lipinski definition) is 4. The van der Waals surface area contributed by atoms with Crippen LogP contribution >= 0.6 is 0 Å². The predicted molar refractivity (Wildman–Crippen MR) is 107 cm³/mol. The van der Waals surface area contributed by atoms with E-state index in [1.165, 1.54) is 0 Å². The lowest BCUT2D eigenvalue weighted by atomic mass is 9.93. The van der Waals surface area contributed by atoms with Gasteiger partial charge in [0.25, 0.3) is 5.91 Å². The molecule has 0 radical (unpaired) electrons. The standard InChI is InChI=1S/C21H24N4O3/c1-13(2)25-18-16(11-23-25)15(19(26)22-12-21(3,4)20(27)28)10-17(24-18)14-8-6-5-7-9-14/h5-11,13H,12H2,1-4H3,(H,22,26)(H,27,28). The van der Waals surface area contributed by atoms with E-state index in [-0.39, 0.29) is 18.5 Å². The minimum Gasteiger partial charge on any atom is -0.481 e. The average molecular weight is 380 g/mol. The number of rotatable bonds is 6. The second kappa shape index (κ2) is 7.42. The number of fused-ring (bicyclic) bond motifs is 1.